The van der Waals surface area contributed by atoms with E-state index < -0.39 is 26.7 Å². The first-order valence-corrected chi connectivity index (χ1v) is 10.4. The summed E-state index contributed by atoms with van der Waals surface area (Å²) >= 11 is 0. The smallest absolute Gasteiger partial charge is 0.379 e. The van der Waals surface area contributed by atoms with Gasteiger partial charge in [-0.15, -0.1) is 0 Å². The minimum absolute atomic E-state index is 0.0252. The second kappa shape index (κ2) is 7.64. The molecule has 1 aliphatic carbocycles. The molecule has 0 spiro atoms. The summed E-state index contributed by atoms with van der Waals surface area (Å²) in [6.07, 6.45) is -3.95. The number of halogens is 3. The standard InChI is InChI=1S/C18H23F3N2O4S/c1-11(24)22-15-7-12-9-23(10-13(12)8-16(15)27-2)28(25,26)17-6-4-3-5-14(17)18(19,20)21/h3-6,12-13,15-16H,7-10H2,1-2H3,(H,22,24)/t12-,13+,15-,16-/m1/s1. The number of carbonyl (C=O) groups is 1. The first kappa shape index (κ1) is 21.1. The van der Waals surface area contributed by atoms with Gasteiger partial charge in [-0.1, -0.05) is 12.1 Å². The largest absolute Gasteiger partial charge is 0.417 e. The predicted molar refractivity (Wildman–Crippen MR) is 94.8 cm³/mol. The molecule has 1 aromatic rings. The van der Waals surface area contributed by atoms with Gasteiger partial charge in [-0.05, 0) is 36.8 Å². The summed E-state index contributed by atoms with van der Waals surface area (Å²) in [4.78, 5) is 10.7. The summed E-state index contributed by atoms with van der Waals surface area (Å²) < 4.78 is 72.4. The number of sulfonamides is 1. The molecule has 1 aromatic carbocycles. The molecule has 4 atom stereocenters. The van der Waals surface area contributed by atoms with Gasteiger partial charge in [0.25, 0.3) is 0 Å². The highest BCUT2D eigenvalue weighted by molar-refractivity contribution is 7.89. The Labute approximate surface area is 162 Å². The van der Waals surface area contributed by atoms with Crippen LogP contribution in [0.25, 0.3) is 0 Å². The molecule has 1 saturated heterocycles. The Morgan fingerprint density at radius 3 is 2.36 bits per heavy atom. The number of benzene rings is 1. The zero-order chi connectivity index (χ0) is 20.7. The third-order valence-electron chi connectivity index (χ3n) is 5.59. The van der Waals surface area contributed by atoms with Gasteiger partial charge in [0.15, 0.2) is 0 Å². The Morgan fingerprint density at radius 2 is 1.79 bits per heavy atom. The zero-order valence-corrected chi connectivity index (χ0v) is 16.4. The van der Waals surface area contributed by atoms with Crippen molar-refractivity contribution in [3.63, 3.8) is 0 Å². The van der Waals surface area contributed by atoms with Crippen molar-refractivity contribution in [1.82, 2.24) is 9.62 Å². The van der Waals surface area contributed by atoms with Crippen LogP contribution in [0.15, 0.2) is 29.2 Å². The Kier molecular flexibility index (Phi) is 5.75. The maximum absolute atomic E-state index is 13.3. The quantitative estimate of drug-likeness (QED) is 0.811. The Hall–Kier alpha value is -1.65. The molecule has 0 aromatic heterocycles. The highest BCUT2D eigenvalue weighted by Crippen LogP contribution is 2.41. The fourth-order valence-electron chi connectivity index (χ4n) is 4.30. The molecule has 0 radical (unpaired) electrons. The zero-order valence-electron chi connectivity index (χ0n) is 15.6. The van der Waals surface area contributed by atoms with Crippen LogP contribution in [0.1, 0.15) is 25.3 Å². The van der Waals surface area contributed by atoms with Crippen molar-refractivity contribution < 1.29 is 31.1 Å². The highest BCUT2D eigenvalue weighted by atomic mass is 32.2. The summed E-state index contributed by atoms with van der Waals surface area (Å²) in [5.41, 5.74) is -1.16. The third kappa shape index (κ3) is 4.04. The number of nitrogens with zero attached hydrogens (tertiary/aromatic N) is 1. The number of methoxy groups -OCH3 is 1. The van der Waals surface area contributed by atoms with Crippen LogP contribution < -0.4 is 5.32 Å². The fraction of sp³-hybridized carbons (Fsp3) is 0.611. The molecule has 1 amide bonds. The minimum Gasteiger partial charge on any atom is -0.379 e. The maximum atomic E-state index is 13.3. The molecule has 3 rings (SSSR count). The van der Waals surface area contributed by atoms with E-state index >= 15 is 0 Å². The third-order valence-corrected chi connectivity index (χ3v) is 7.47. The van der Waals surface area contributed by atoms with E-state index in [0.29, 0.717) is 12.8 Å². The molecule has 156 valence electrons. The van der Waals surface area contributed by atoms with Gasteiger partial charge in [0.05, 0.1) is 22.6 Å². The van der Waals surface area contributed by atoms with Crippen LogP contribution in [0.2, 0.25) is 0 Å². The Morgan fingerprint density at radius 1 is 1.18 bits per heavy atom. The average Bonchev–Trinajstić information content (AvgIpc) is 3.03. The van der Waals surface area contributed by atoms with E-state index in [1.165, 1.54) is 26.2 Å². The molecule has 2 aliphatic rings. The Bertz CT molecular complexity index is 843. The number of hydrogen-bond acceptors (Lipinski definition) is 4. The second-order valence-corrected chi connectivity index (χ2v) is 9.30. The van der Waals surface area contributed by atoms with Crippen LogP contribution in [0.5, 0.6) is 0 Å². The summed E-state index contributed by atoms with van der Waals surface area (Å²) in [5.74, 6) is -0.272. The first-order chi connectivity index (χ1) is 13.0. The normalized spacial score (nSPS) is 28.8. The van der Waals surface area contributed by atoms with Gasteiger partial charge in [-0.2, -0.15) is 17.5 Å². The van der Waals surface area contributed by atoms with E-state index in [2.05, 4.69) is 5.32 Å². The summed E-state index contributed by atoms with van der Waals surface area (Å²) in [7, 11) is -2.76. The average molecular weight is 420 g/mol. The van der Waals surface area contributed by atoms with Crippen LogP contribution in [-0.2, 0) is 25.7 Å². The van der Waals surface area contributed by atoms with Crippen molar-refractivity contribution >= 4 is 15.9 Å². The van der Waals surface area contributed by atoms with Gasteiger partial charge in [-0.25, -0.2) is 8.42 Å². The lowest BCUT2D eigenvalue weighted by Gasteiger charge is -2.37. The molecular formula is C18H23F3N2O4S. The molecule has 6 nitrogen and oxygen atoms in total. The van der Waals surface area contributed by atoms with Crippen LogP contribution in [-0.4, -0.2) is 51.0 Å². The van der Waals surface area contributed by atoms with Crippen molar-refractivity contribution in [2.24, 2.45) is 11.8 Å². The fourth-order valence-corrected chi connectivity index (χ4v) is 6.07. The molecule has 0 unspecified atom stereocenters. The first-order valence-electron chi connectivity index (χ1n) is 9.00. The molecule has 10 heteroatoms. The van der Waals surface area contributed by atoms with Gasteiger partial charge < -0.3 is 10.1 Å². The molecule has 1 aliphatic heterocycles. The van der Waals surface area contributed by atoms with E-state index in [1.54, 1.807) is 0 Å². The monoisotopic (exact) mass is 420 g/mol. The molecule has 1 saturated carbocycles. The van der Waals surface area contributed by atoms with Crippen molar-refractivity contribution in [2.75, 3.05) is 20.2 Å². The van der Waals surface area contributed by atoms with E-state index in [4.69, 9.17) is 4.74 Å². The van der Waals surface area contributed by atoms with Gasteiger partial charge in [0, 0.05) is 27.1 Å². The number of nitrogens with one attached hydrogen (secondary N) is 1. The number of carbonyl (C=O) groups excluding carboxylic acids is 1. The molecule has 1 heterocycles. The van der Waals surface area contributed by atoms with E-state index in [0.717, 1.165) is 16.4 Å². The number of ether oxygens (including phenoxy) is 1. The summed E-state index contributed by atoms with van der Waals surface area (Å²) in [6, 6.07) is 4.00. The van der Waals surface area contributed by atoms with Crippen molar-refractivity contribution in [3.05, 3.63) is 29.8 Å². The van der Waals surface area contributed by atoms with Gasteiger partial charge in [0.1, 0.15) is 0 Å². The van der Waals surface area contributed by atoms with Crippen molar-refractivity contribution in [3.8, 4) is 0 Å². The van der Waals surface area contributed by atoms with Gasteiger partial charge >= 0.3 is 6.18 Å². The number of amides is 1. The SMILES string of the molecule is CO[C@@H]1C[C@H]2CN(S(=O)(=O)c3ccccc3C(F)(F)F)C[C@H]2C[C@H]1NC(C)=O. The van der Waals surface area contributed by atoms with E-state index in [-0.39, 0.29) is 43.0 Å². The van der Waals surface area contributed by atoms with Crippen molar-refractivity contribution in [2.45, 2.75) is 43.0 Å². The predicted octanol–water partition coefficient (Wildman–Crippen LogP) is 2.26. The van der Waals surface area contributed by atoms with Gasteiger partial charge in [0.2, 0.25) is 15.9 Å². The second-order valence-electron chi connectivity index (χ2n) is 7.39. The summed E-state index contributed by atoms with van der Waals surface area (Å²) in [5, 5.41) is 2.83. The van der Waals surface area contributed by atoms with Crippen LogP contribution in [0, 0.1) is 11.8 Å². The number of rotatable bonds is 4. The van der Waals surface area contributed by atoms with E-state index in [1.807, 2.05) is 0 Å². The Balaban J connectivity index is 1.85. The molecule has 0 bridgehead atoms. The lowest BCUT2D eigenvalue weighted by molar-refractivity contribution is -0.140. The maximum Gasteiger partial charge on any atom is 0.417 e. The highest BCUT2D eigenvalue weighted by Gasteiger charge is 2.47. The number of alkyl halides is 3. The van der Waals surface area contributed by atoms with Crippen LogP contribution >= 0.6 is 0 Å². The molecule has 2 fully saturated rings. The number of hydrogen-bond donors (Lipinski definition) is 1. The molecular weight excluding hydrogens is 397 g/mol. The summed E-state index contributed by atoms with van der Waals surface area (Å²) in [6.45, 7) is 1.68. The lowest BCUT2D eigenvalue weighted by Crippen LogP contribution is -2.49. The minimum atomic E-state index is -4.76. The topological polar surface area (TPSA) is 75.7 Å². The van der Waals surface area contributed by atoms with Crippen LogP contribution in [0.4, 0.5) is 13.2 Å². The molecule has 28 heavy (non-hydrogen) atoms. The van der Waals surface area contributed by atoms with E-state index in [9.17, 15) is 26.4 Å². The molecule has 1 N–H and O–H groups in total. The lowest BCUT2D eigenvalue weighted by atomic mass is 9.77. The van der Waals surface area contributed by atoms with Crippen molar-refractivity contribution in [1.29, 1.82) is 0 Å². The van der Waals surface area contributed by atoms with Gasteiger partial charge in [-0.3, -0.25) is 4.79 Å². The van der Waals surface area contributed by atoms with Crippen LogP contribution in [0.3, 0.4) is 0 Å². The number of fused-ring (bicyclic) bond motifs is 1.